The minimum atomic E-state index is -0.664. The number of ether oxygens (including phenoxy) is 1. The van der Waals surface area contributed by atoms with Crippen LogP contribution in [0.25, 0.3) is 11.4 Å². The van der Waals surface area contributed by atoms with Crippen LogP contribution < -0.4 is 15.4 Å². The number of hydrogen-bond acceptors (Lipinski definition) is 6. The second-order valence-electron chi connectivity index (χ2n) is 6.07. The fraction of sp³-hybridized carbons (Fsp3) is 0.316. The first-order valence-electron chi connectivity index (χ1n) is 9.10. The van der Waals surface area contributed by atoms with Gasteiger partial charge in [-0.25, -0.2) is 9.98 Å². The number of nitrogens with zero attached hydrogens (tertiary/aromatic N) is 3. The van der Waals surface area contributed by atoms with E-state index in [1.807, 2.05) is 37.3 Å². The minimum absolute atomic E-state index is 0.316. The van der Waals surface area contributed by atoms with Gasteiger partial charge in [0.1, 0.15) is 24.2 Å². The van der Waals surface area contributed by atoms with Crippen molar-refractivity contribution in [3.05, 3.63) is 51.4 Å². The third-order valence-corrected chi connectivity index (χ3v) is 5.33. The van der Waals surface area contributed by atoms with Gasteiger partial charge in [0.15, 0.2) is 11.8 Å². The molecule has 0 aliphatic rings. The molecule has 0 aliphatic heterocycles. The number of methoxy groups -OCH3 is 1. The highest BCUT2D eigenvalue weighted by Gasteiger charge is 2.11. The van der Waals surface area contributed by atoms with Crippen LogP contribution in [-0.2, 0) is 6.54 Å². The van der Waals surface area contributed by atoms with Crippen LogP contribution in [-0.4, -0.2) is 46.4 Å². The van der Waals surface area contributed by atoms with Crippen LogP contribution >= 0.6 is 22.9 Å². The van der Waals surface area contributed by atoms with Crippen LogP contribution in [0.5, 0.6) is 5.75 Å². The van der Waals surface area contributed by atoms with E-state index >= 15 is 0 Å². The standard InChI is InChI=1S/C19H23ClN6O2S/c1-3-21-19(22-10-14(27)15-8-9-16(20)29-15)23-11-17-24-18(26-25-17)12-4-6-13(28-2)7-5-12/h4-9,14,27H,3,10-11H2,1-2H3,(H2,21,22,23)(H,24,25,26). The highest BCUT2D eigenvalue weighted by molar-refractivity contribution is 7.16. The molecule has 1 unspecified atom stereocenters. The van der Waals surface area contributed by atoms with Gasteiger partial charge < -0.3 is 20.5 Å². The van der Waals surface area contributed by atoms with Gasteiger partial charge >= 0.3 is 0 Å². The first-order chi connectivity index (χ1) is 14.1. The summed E-state index contributed by atoms with van der Waals surface area (Å²) in [4.78, 5) is 9.78. The Morgan fingerprint density at radius 2 is 2.07 bits per heavy atom. The maximum Gasteiger partial charge on any atom is 0.191 e. The number of rotatable bonds is 8. The number of benzene rings is 1. The largest absolute Gasteiger partial charge is 0.497 e. The molecule has 1 atom stereocenters. The van der Waals surface area contributed by atoms with Crippen LogP contribution in [0.3, 0.4) is 0 Å². The molecule has 29 heavy (non-hydrogen) atoms. The highest BCUT2D eigenvalue weighted by atomic mass is 35.5. The van der Waals surface area contributed by atoms with Gasteiger partial charge in [-0.3, -0.25) is 5.10 Å². The number of halogens is 1. The topological polar surface area (TPSA) is 107 Å². The van der Waals surface area contributed by atoms with E-state index in [-0.39, 0.29) is 0 Å². The Morgan fingerprint density at radius 1 is 1.28 bits per heavy atom. The van der Waals surface area contributed by atoms with E-state index in [0.29, 0.717) is 41.6 Å². The van der Waals surface area contributed by atoms with Crippen LogP contribution in [0.1, 0.15) is 23.7 Å². The van der Waals surface area contributed by atoms with Crippen molar-refractivity contribution >= 4 is 28.9 Å². The molecule has 0 bridgehead atoms. The number of guanidine groups is 1. The zero-order chi connectivity index (χ0) is 20.6. The number of aromatic amines is 1. The maximum atomic E-state index is 10.3. The van der Waals surface area contributed by atoms with Gasteiger partial charge in [-0.05, 0) is 43.3 Å². The van der Waals surface area contributed by atoms with Crippen molar-refractivity contribution in [1.29, 1.82) is 0 Å². The van der Waals surface area contributed by atoms with Gasteiger partial charge in [-0.2, -0.15) is 5.10 Å². The number of nitrogens with one attached hydrogen (secondary N) is 3. The number of H-pyrrole nitrogens is 1. The molecule has 4 N–H and O–H groups in total. The lowest BCUT2D eigenvalue weighted by Gasteiger charge is -2.14. The summed E-state index contributed by atoms with van der Waals surface area (Å²) in [5.41, 5.74) is 0.889. The second-order valence-corrected chi connectivity index (χ2v) is 7.81. The molecule has 0 radical (unpaired) electrons. The summed E-state index contributed by atoms with van der Waals surface area (Å²) < 4.78 is 5.81. The Labute approximate surface area is 178 Å². The molecule has 0 amide bonds. The molecule has 0 spiro atoms. The number of aliphatic imine (C=N–C) groups is 1. The normalized spacial score (nSPS) is 12.6. The zero-order valence-corrected chi connectivity index (χ0v) is 17.7. The lowest BCUT2D eigenvalue weighted by Crippen LogP contribution is -2.39. The third kappa shape index (κ3) is 5.93. The van der Waals surface area contributed by atoms with Crippen molar-refractivity contribution in [2.75, 3.05) is 20.2 Å². The van der Waals surface area contributed by atoms with E-state index in [2.05, 4.69) is 30.8 Å². The summed E-state index contributed by atoms with van der Waals surface area (Å²) in [6, 6.07) is 11.1. The summed E-state index contributed by atoms with van der Waals surface area (Å²) in [7, 11) is 1.63. The fourth-order valence-corrected chi connectivity index (χ4v) is 3.58. The van der Waals surface area contributed by atoms with Crippen molar-refractivity contribution < 1.29 is 9.84 Å². The first kappa shape index (κ1) is 21.1. The average Bonchev–Trinajstić information content (AvgIpc) is 3.39. The molecule has 2 aromatic heterocycles. The molecular weight excluding hydrogens is 412 g/mol. The first-order valence-corrected chi connectivity index (χ1v) is 10.3. The van der Waals surface area contributed by atoms with Crippen molar-refractivity contribution in [1.82, 2.24) is 25.8 Å². The van der Waals surface area contributed by atoms with Crippen LogP contribution in [0.4, 0.5) is 0 Å². The predicted octanol–water partition coefficient (Wildman–Crippen LogP) is 2.98. The van der Waals surface area contributed by atoms with Crippen molar-refractivity contribution in [3.8, 4) is 17.1 Å². The van der Waals surface area contributed by atoms with Gasteiger partial charge in [0.25, 0.3) is 0 Å². The van der Waals surface area contributed by atoms with E-state index in [0.717, 1.165) is 16.2 Å². The predicted molar refractivity (Wildman–Crippen MR) is 115 cm³/mol. The molecular formula is C19H23ClN6O2S. The SMILES string of the molecule is CCNC(=NCc1nc(-c2ccc(OC)cc2)n[nH]1)NCC(O)c1ccc(Cl)s1. The van der Waals surface area contributed by atoms with Crippen molar-refractivity contribution in [2.45, 2.75) is 19.6 Å². The van der Waals surface area contributed by atoms with E-state index in [1.54, 1.807) is 13.2 Å². The van der Waals surface area contributed by atoms with Crippen LogP contribution in [0.2, 0.25) is 4.34 Å². The number of thiophene rings is 1. The zero-order valence-electron chi connectivity index (χ0n) is 16.1. The van der Waals surface area contributed by atoms with Gasteiger partial charge in [0.05, 0.1) is 11.4 Å². The average molecular weight is 435 g/mol. The molecule has 10 heteroatoms. The van der Waals surface area contributed by atoms with Crippen LogP contribution in [0, 0.1) is 0 Å². The molecule has 154 valence electrons. The van der Waals surface area contributed by atoms with Crippen molar-refractivity contribution in [2.24, 2.45) is 4.99 Å². The smallest absolute Gasteiger partial charge is 0.191 e. The molecule has 0 fully saturated rings. The van der Waals surface area contributed by atoms with E-state index in [1.165, 1.54) is 11.3 Å². The van der Waals surface area contributed by atoms with Gasteiger partial charge in [0, 0.05) is 23.5 Å². The number of hydrogen-bond donors (Lipinski definition) is 4. The number of aliphatic hydroxyl groups excluding tert-OH is 1. The Balaban J connectivity index is 1.60. The van der Waals surface area contributed by atoms with E-state index in [4.69, 9.17) is 16.3 Å². The number of aromatic nitrogens is 3. The quantitative estimate of drug-likeness (QED) is 0.320. The fourth-order valence-electron chi connectivity index (χ4n) is 2.53. The monoisotopic (exact) mass is 434 g/mol. The molecule has 8 nitrogen and oxygen atoms in total. The molecule has 1 aromatic carbocycles. The molecule has 0 aliphatic carbocycles. The number of aliphatic hydroxyl groups is 1. The van der Waals surface area contributed by atoms with E-state index < -0.39 is 6.10 Å². The van der Waals surface area contributed by atoms with Crippen LogP contribution in [0.15, 0.2) is 41.4 Å². The Hall–Kier alpha value is -2.62. The second kappa shape index (κ2) is 10.2. The highest BCUT2D eigenvalue weighted by Crippen LogP contribution is 2.26. The third-order valence-electron chi connectivity index (χ3n) is 4.00. The summed E-state index contributed by atoms with van der Waals surface area (Å²) in [6.07, 6.45) is -0.664. The van der Waals surface area contributed by atoms with Gasteiger partial charge in [0.2, 0.25) is 0 Å². The summed E-state index contributed by atoms with van der Waals surface area (Å²) >= 11 is 7.28. The summed E-state index contributed by atoms with van der Waals surface area (Å²) in [5, 5.41) is 23.7. The van der Waals surface area contributed by atoms with E-state index in [9.17, 15) is 5.11 Å². The molecule has 0 saturated heterocycles. The molecule has 3 rings (SSSR count). The van der Waals surface area contributed by atoms with Crippen molar-refractivity contribution in [3.63, 3.8) is 0 Å². The lowest BCUT2D eigenvalue weighted by atomic mass is 10.2. The molecule has 3 aromatic rings. The summed E-state index contributed by atoms with van der Waals surface area (Å²) in [6.45, 7) is 3.30. The Bertz CT molecular complexity index is 940. The van der Waals surface area contributed by atoms with Gasteiger partial charge in [-0.1, -0.05) is 11.6 Å². The molecule has 0 saturated carbocycles. The Kier molecular flexibility index (Phi) is 7.45. The molecule has 2 heterocycles. The Morgan fingerprint density at radius 3 is 2.72 bits per heavy atom. The lowest BCUT2D eigenvalue weighted by molar-refractivity contribution is 0.184. The maximum absolute atomic E-state index is 10.3. The minimum Gasteiger partial charge on any atom is -0.497 e. The van der Waals surface area contributed by atoms with Gasteiger partial charge in [-0.15, -0.1) is 11.3 Å². The summed E-state index contributed by atoms with van der Waals surface area (Å²) in [5.74, 6) is 2.60.